The quantitative estimate of drug-likeness (QED) is 0.691. The van der Waals surface area contributed by atoms with Gasteiger partial charge < -0.3 is 9.42 Å². The normalized spacial score (nSPS) is 16.9. The number of rotatable bonds is 5. The van der Waals surface area contributed by atoms with E-state index in [0.717, 1.165) is 24.1 Å². The molecule has 0 radical (unpaired) electrons. The molecule has 138 valence electrons. The smallest absolute Gasteiger partial charge is 0.257 e. The van der Waals surface area contributed by atoms with Crippen molar-refractivity contribution in [1.82, 2.24) is 15.0 Å². The van der Waals surface area contributed by atoms with Crippen LogP contribution in [0.4, 0.5) is 0 Å². The Hall–Kier alpha value is -2.95. The molecule has 1 amide bonds. The lowest BCUT2D eigenvalue weighted by Gasteiger charge is -2.16. The Morgan fingerprint density at radius 1 is 1.11 bits per heavy atom. The highest BCUT2D eigenvalue weighted by Crippen LogP contribution is 2.28. The first kappa shape index (κ1) is 17.5. The van der Waals surface area contributed by atoms with E-state index in [4.69, 9.17) is 4.52 Å². The summed E-state index contributed by atoms with van der Waals surface area (Å²) in [6.45, 7) is 5.48. The Kier molecular flexibility index (Phi) is 4.75. The third kappa shape index (κ3) is 3.92. The van der Waals surface area contributed by atoms with Crippen molar-refractivity contribution in [3.05, 3.63) is 71.0 Å². The zero-order valence-electron chi connectivity index (χ0n) is 15.7. The molecule has 5 heteroatoms. The first-order valence-electron chi connectivity index (χ1n) is 9.32. The first-order chi connectivity index (χ1) is 13.1. The maximum atomic E-state index is 12.4. The van der Waals surface area contributed by atoms with Crippen LogP contribution >= 0.6 is 0 Å². The van der Waals surface area contributed by atoms with Gasteiger partial charge >= 0.3 is 0 Å². The highest BCUT2D eigenvalue weighted by Gasteiger charge is 2.33. The van der Waals surface area contributed by atoms with Crippen LogP contribution in [-0.2, 0) is 11.2 Å². The van der Waals surface area contributed by atoms with Gasteiger partial charge in [-0.25, -0.2) is 0 Å². The van der Waals surface area contributed by atoms with Gasteiger partial charge in [0.2, 0.25) is 5.91 Å². The molecule has 1 unspecified atom stereocenters. The van der Waals surface area contributed by atoms with Crippen LogP contribution in [0.2, 0.25) is 0 Å². The molecule has 1 aliphatic rings. The highest BCUT2D eigenvalue weighted by molar-refractivity contribution is 5.79. The number of amides is 1. The van der Waals surface area contributed by atoms with Crippen molar-refractivity contribution in [2.75, 3.05) is 13.1 Å². The molecule has 1 aromatic heterocycles. The third-order valence-electron chi connectivity index (χ3n) is 5.08. The SMILES string of the molecule is Cc1ccc(CCN2CC(c3noc(-c4cccc(C)c4)n3)CC2=O)cc1. The van der Waals surface area contributed by atoms with E-state index in [1.54, 1.807) is 0 Å². The summed E-state index contributed by atoms with van der Waals surface area (Å²) >= 11 is 0. The largest absolute Gasteiger partial charge is 0.342 e. The third-order valence-corrected chi connectivity index (χ3v) is 5.08. The minimum Gasteiger partial charge on any atom is -0.342 e. The number of carbonyl (C=O) groups excluding carboxylic acids is 1. The number of aromatic nitrogens is 2. The van der Waals surface area contributed by atoms with Crippen LogP contribution in [0.1, 0.15) is 34.9 Å². The van der Waals surface area contributed by atoms with Crippen LogP contribution in [0.25, 0.3) is 11.5 Å². The van der Waals surface area contributed by atoms with Gasteiger partial charge in [0.15, 0.2) is 5.82 Å². The summed E-state index contributed by atoms with van der Waals surface area (Å²) in [6, 6.07) is 16.4. The van der Waals surface area contributed by atoms with Crippen LogP contribution in [-0.4, -0.2) is 34.0 Å². The Bertz CT molecular complexity index is 946. The number of carbonyl (C=O) groups is 1. The Morgan fingerprint density at radius 3 is 2.70 bits per heavy atom. The maximum absolute atomic E-state index is 12.4. The van der Waals surface area contributed by atoms with Gasteiger partial charge in [0.05, 0.1) is 0 Å². The molecule has 2 heterocycles. The fourth-order valence-corrected chi connectivity index (χ4v) is 3.48. The molecule has 1 fully saturated rings. The molecule has 5 nitrogen and oxygen atoms in total. The van der Waals surface area contributed by atoms with Crippen LogP contribution < -0.4 is 0 Å². The Morgan fingerprint density at radius 2 is 1.93 bits per heavy atom. The summed E-state index contributed by atoms with van der Waals surface area (Å²) < 4.78 is 5.44. The van der Waals surface area contributed by atoms with Gasteiger partial charge in [-0.2, -0.15) is 4.98 Å². The zero-order valence-corrected chi connectivity index (χ0v) is 15.7. The van der Waals surface area contributed by atoms with Crippen molar-refractivity contribution in [3.63, 3.8) is 0 Å². The van der Waals surface area contributed by atoms with E-state index in [2.05, 4.69) is 41.3 Å². The Labute approximate surface area is 159 Å². The second kappa shape index (κ2) is 7.35. The maximum Gasteiger partial charge on any atom is 0.257 e. The summed E-state index contributed by atoms with van der Waals surface area (Å²) in [4.78, 5) is 18.8. The van der Waals surface area contributed by atoms with E-state index in [9.17, 15) is 4.79 Å². The molecule has 1 aliphatic heterocycles. The van der Waals surface area contributed by atoms with E-state index in [0.29, 0.717) is 24.7 Å². The lowest BCUT2D eigenvalue weighted by Crippen LogP contribution is -2.27. The number of aryl methyl sites for hydroxylation is 2. The molecular weight excluding hydrogens is 338 g/mol. The van der Waals surface area contributed by atoms with Crippen LogP contribution in [0.15, 0.2) is 53.1 Å². The standard InChI is InChI=1S/C22H23N3O2/c1-15-6-8-17(9-7-15)10-11-25-14-19(13-20(25)26)21-23-22(27-24-21)18-5-3-4-16(2)12-18/h3-9,12,19H,10-11,13-14H2,1-2H3. The average molecular weight is 361 g/mol. The minimum atomic E-state index is -0.00201. The minimum absolute atomic E-state index is 0.00201. The monoisotopic (exact) mass is 361 g/mol. The molecular formula is C22H23N3O2. The summed E-state index contributed by atoms with van der Waals surface area (Å²) in [7, 11) is 0. The lowest BCUT2D eigenvalue weighted by molar-refractivity contribution is -0.127. The number of likely N-dealkylation sites (tertiary alicyclic amines) is 1. The molecule has 1 atom stereocenters. The van der Waals surface area contributed by atoms with Crippen LogP contribution in [0, 0.1) is 13.8 Å². The zero-order chi connectivity index (χ0) is 18.8. The average Bonchev–Trinajstić information content (AvgIpc) is 3.28. The van der Waals surface area contributed by atoms with E-state index in [-0.39, 0.29) is 11.8 Å². The van der Waals surface area contributed by atoms with E-state index >= 15 is 0 Å². The molecule has 3 aromatic rings. The number of hydrogen-bond donors (Lipinski definition) is 0. The van der Waals surface area contributed by atoms with Crippen molar-refractivity contribution < 1.29 is 9.32 Å². The van der Waals surface area contributed by atoms with Crippen molar-refractivity contribution in [3.8, 4) is 11.5 Å². The molecule has 0 bridgehead atoms. The number of benzene rings is 2. The predicted octanol–water partition coefficient (Wildman–Crippen LogP) is 3.91. The van der Waals surface area contributed by atoms with Crippen molar-refractivity contribution in [2.24, 2.45) is 0 Å². The number of hydrogen-bond acceptors (Lipinski definition) is 4. The second-order valence-electron chi connectivity index (χ2n) is 7.30. The highest BCUT2D eigenvalue weighted by atomic mass is 16.5. The van der Waals surface area contributed by atoms with Gasteiger partial charge in [-0.05, 0) is 38.0 Å². The van der Waals surface area contributed by atoms with Crippen LogP contribution in [0.3, 0.4) is 0 Å². The van der Waals surface area contributed by atoms with E-state index in [1.807, 2.05) is 36.1 Å². The molecule has 0 spiro atoms. The molecule has 2 aromatic carbocycles. The van der Waals surface area contributed by atoms with E-state index in [1.165, 1.54) is 11.1 Å². The lowest BCUT2D eigenvalue weighted by atomic mass is 10.1. The Balaban J connectivity index is 1.41. The molecule has 0 aliphatic carbocycles. The summed E-state index contributed by atoms with van der Waals surface area (Å²) in [5.74, 6) is 1.30. The van der Waals surface area contributed by atoms with Gasteiger partial charge in [0, 0.05) is 31.0 Å². The summed E-state index contributed by atoms with van der Waals surface area (Å²) in [5, 5.41) is 4.14. The topological polar surface area (TPSA) is 59.2 Å². The van der Waals surface area contributed by atoms with Crippen molar-refractivity contribution >= 4 is 5.91 Å². The van der Waals surface area contributed by atoms with Crippen molar-refractivity contribution in [2.45, 2.75) is 32.6 Å². The van der Waals surface area contributed by atoms with E-state index < -0.39 is 0 Å². The van der Waals surface area contributed by atoms with Crippen molar-refractivity contribution in [1.29, 1.82) is 0 Å². The molecule has 1 saturated heterocycles. The van der Waals surface area contributed by atoms with Crippen LogP contribution in [0.5, 0.6) is 0 Å². The molecule has 0 N–H and O–H groups in total. The fourth-order valence-electron chi connectivity index (χ4n) is 3.48. The van der Waals surface area contributed by atoms with Gasteiger partial charge in [-0.1, -0.05) is 52.7 Å². The fraction of sp³-hybridized carbons (Fsp3) is 0.318. The van der Waals surface area contributed by atoms with Gasteiger partial charge in [0.1, 0.15) is 0 Å². The van der Waals surface area contributed by atoms with Gasteiger partial charge in [-0.3, -0.25) is 4.79 Å². The predicted molar refractivity (Wildman–Crippen MR) is 103 cm³/mol. The first-order valence-corrected chi connectivity index (χ1v) is 9.32. The molecule has 27 heavy (non-hydrogen) atoms. The summed E-state index contributed by atoms with van der Waals surface area (Å²) in [5.41, 5.74) is 4.55. The molecule has 4 rings (SSSR count). The van der Waals surface area contributed by atoms with Gasteiger partial charge in [-0.15, -0.1) is 0 Å². The number of nitrogens with zero attached hydrogens (tertiary/aromatic N) is 3. The summed E-state index contributed by atoms with van der Waals surface area (Å²) in [6.07, 6.45) is 1.31. The second-order valence-corrected chi connectivity index (χ2v) is 7.30. The van der Waals surface area contributed by atoms with Gasteiger partial charge in [0.25, 0.3) is 5.89 Å². The molecule has 0 saturated carbocycles.